The van der Waals surface area contributed by atoms with Crippen LogP contribution in [0.5, 0.6) is 0 Å². The SMILES string of the molecule is Cc1ccccc1C(=O)C(c1cccc2cc[nH]c12)c1cccc2cc[nH]c12. The fourth-order valence-corrected chi connectivity index (χ4v) is 4.15. The lowest BCUT2D eigenvalue weighted by atomic mass is 9.82. The number of aromatic nitrogens is 2. The Bertz CT molecular complexity index is 1230. The van der Waals surface area contributed by atoms with Crippen LogP contribution >= 0.6 is 0 Å². The highest BCUT2D eigenvalue weighted by atomic mass is 16.1. The number of carbonyl (C=O) groups is 1. The van der Waals surface area contributed by atoms with Crippen LogP contribution in [0.2, 0.25) is 0 Å². The number of hydrogen-bond acceptors (Lipinski definition) is 1. The molecule has 3 nitrogen and oxygen atoms in total. The normalized spacial score (nSPS) is 11.5. The number of nitrogens with one attached hydrogen (secondary N) is 2. The first-order valence-corrected chi connectivity index (χ1v) is 9.46. The van der Waals surface area contributed by atoms with Crippen LogP contribution in [0.4, 0.5) is 0 Å². The average molecular weight is 364 g/mol. The highest BCUT2D eigenvalue weighted by Crippen LogP contribution is 2.36. The maximum Gasteiger partial charge on any atom is 0.175 e. The first-order valence-electron chi connectivity index (χ1n) is 9.46. The molecule has 0 spiro atoms. The van der Waals surface area contributed by atoms with Crippen molar-refractivity contribution in [2.45, 2.75) is 12.8 Å². The minimum absolute atomic E-state index is 0.113. The van der Waals surface area contributed by atoms with Gasteiger partial charge in [-0.25, -0.2) is 0 Å². The molecule has 0 aliphatic rings. The lowest BCUT2D eigenvalue weighted by Gasteiger charge is -2.20. The molecule has 0 bridgehead atoms. The van der Waals surface area contributed by atoms with Crippen molar-refractivity contribution in [1.82, 2.24) is 9.97 Å². The van der Waals surface area contributed by atoms with Crippen molar-refractivity contribution < 1.29 is 4.79 Å². The molecule has 2 N–H and O–H groups in total. The summed E-state index contributed by atoms with van der Waals surface area (Å²) in [6.07, 6.45) is 3.86. The van der Waals surface area contributed by atoms with Crippen LogP contribution in [0.15, 0.2) is 85.2 Å². The van der Waals surface area contributed by atoms with Crippen LogP contribution in [0.25, 0.3) is 21.8 Å². The molecular formula is C25H20N2O. The van der Waals surface area contributed by atoms with Crippen LogP contribution < -0.4 is 0 Å². The lowest BCUT2D eigenvalue weighted by Crippen LogP contribution is -2.16. The molecule has 5 aromatic rings. The summed E-state index contributed by atoms with van der Waals surface area (Å²) in [5, 5.41) is 2.22. The van der Waals surface area contributed by atoms with Gasteiger partial charge < -0.3 is 9.97 Å². The Morgan fingerprint density at radius 3 is 1.86 bits per heavy atom. The van der Waals surface area contributed by atoms with Crippen molar-refractivity contribution in [1.29, 1.82) is 0 Å². The molecule has 0 unspecified atom stereocenters. The fourth-order valence-electron chi connectivity index (χ4n) is 4.15. The zero-order chi connectivity index (χ0) is 19.1. The number of aryl methyl sites for hydroxylation is 1. The quantitative estimate of drug-likeness (QED) is 0.379. The van der Waals surface area contributed by atoms with Crippen molar-refractivity contribution in [3.8, 4) is 0 Å². The molecule has 136 valence electrons. The summed E-state index contributed by atoms with van der Waals surface area (Å²) in [5.74, 6) is -0.284. The zero-order valence-corrected chi connectivity index (χ0v) is 15.6. The summed E-state index contributed by atoms with van der Waals surface area (Å²) < 4.78 is 0. The van der Waals surface area contributed by atoms with Gasteiger partial charge in [0.15, 0.2) is 5.78 Å². The average Bonchev–Trinajstić information content (AvgIpc) is 3.38. The van der Waals surface area contributed by atoms with Gasteiger partial charge in [0.25, 0.3) is 0 Å². The van der Waals surface area contributed by atoms with E-state index in [9.17, 15) is 4.79 Å². The summed E-state index contributed by atoms with van der Waals surface area (Å²) in [7, 11) is 0. The van der Waals surface area contributed by atoms with E-state index in [1.54, 1.807) is 0 Å². The third-order valence-corrected chi connectivity index (χ3v) is 5.53. The Labute approximate surface area is 163 Å². The number of H-pyrrole nitrogens is 2. The molecule has 28 heavy (non-hydrogen) atoms. The van der Waals surface area contributed by atoms with Crippen LogP contribution in [0.1, 0.15) is 33.0 Å². The van der Waals surface area contributed by atoms with Gasteiger partial charge in [0.05, 0.1) is 5.92 Å². The van der Waals surface area contributed by atoms with Crippen LogP contribution in [0.3, 0.4) is 0 Å². The van der Waals surface area contributed by atoms with Crippen molar-refractivity contribution >= 4 is 27.6 Å². The standard InChI is InChI=1S/C25H20N2O/c1-16-6-2-3-9-19(16)25(28)22(20-10-4-7-17-12-14-26-23(17)20)21-11-5-8-18-13-15-27-24(18)21/h2-15,22,26-27H,1H3. The minimum atomic E-state index is -0.397. The third-order valence-electron chi connectivity index (χ3n) is 5.53. The minimum Gasteiger partial charge on any atom is -0.361 e. The largest absolute Gasteiger partial charge is 0.361 e. The molecule has 3 aromatic carbocycles. The Hall–Kier alpha value is -3.59. The van der Waals surface area contributed by atoms with Gasteiger partial charge in [-0.2, -0.15) is 0 Å². The number of rotatable bonds is 4. The number of carbonyl (C=O) groups excluding carboxylic acids is 1. The maximum absolute atomic E-state index is 13.9. The van der Waals surface area contributed by atoms with Gasteiger partial charge in [-0.05, 0) is 46.5 Å². The number of para-hydroxylation sites is 2. The Morgan fingerprint density at radius 2 is 1.29 bits per heavy atom. The van der Waals surface area contributed by atoms with E-state index < -0.39 is 5.92 Å². The molecule has 0 saturated heterocycles. The third kappa shape index (κ3) is 2.55. The van der Waals surface area contributed by atoms with E-state index in [2.05, 4.69) is 34.2 Å². The molecule has 0 radical (unpaired) electrons. The van der Waals surface area contributed by atoms with Gasteiger partial charge in [0, 0.05) is 29.0 Å². The van der Waals surface area contributed by atoms with Gasteiger partial charge in [-0.1, -0.05) is 60.7 Å². The second-order valence-electron chi connectivity index (χ2n) is 7.19. The van der Waals surface area contributed by atoms with Crippen LogP contribution in [-0.2, 0) is 0 Å². The Balaban J connectivity index is 1.80. The smallest absolute Gasteiger partial charge is 0.175 e. The molecule has 2 aromatic heterocycles. The Morgan fingerprint density at radius 1 is 0.714 bits per heavy atom. The first-order chi connectivity index (χ1) is 13.7. The number of aromatic amines is 2. The second-order valence-corrected chi connectivity index (χ2v) is 7.19. The summed E-state index contributed by atoms with van der Waals surface area (Å²) in [6, 6.07) is 24.2. The van der Waals surface area contributed by atoms with E-state index in [4.69, 9.17) is 0 Å². The van der Waals surface area contributed by atoms with Crippen LogP contribution in [0, 0.1) is 6.92 Å². The molecule has 3 heteroatoms. The molecule has 0 saturated carbocycles. The number of ketones is 1. The van der Waals surface area contributed by atoms with Gasteiger partial charge in [0.1, 0.15) is 0 Å². The summed E-state index contributed by atoms with van der Waals surface area (Å²) in [6.45, 7) is 1.99. The van der Waals surface area contributed by atoms with E-state index in [0.717, 1.165) is 44.1 Å². The topological polar surface area (TPSA) is 48.6 Å². The molecule has 0 aliphatic carbocycles. The van der Waals surface area contributed by atoms with Crippen molar-refractivity contribution in [2.75, 3.05) is 0 Å². The summed E-state index contributed by atoms with van der Waals surface area (Å²) in [5.41, 5.74) is 5.78. The van der Waals surface area contributed by atoms with Gasteiger partial charge in [-0.15, -0.1) is 0 Å². The number of Topliss-reactive ketones (excluding diaryl/α,β-unsaturated/α-hetero) is 1. The monoisotopic (exact) mass is 364 g/mol. The molecular weight excluding hydrogens is 344 g/mol. The van der Waals surface area contributed by atoms with Gasteiger partial charge >= 0.3 is 0 Å². The van der Waals surface area contributed by atoms with E-state index in [0.29, 0.717) is 0 Å². The fraction of sp³-hybridized carbons (Fsp3) is 0.0800. The zero-order valence-electron chi connectivity index (χ0n) is 15.6. The number of hydrogen-bond donors (Lipinski definition) is 2. The van der Waals surface area contributed by atoms with Crippen LogP contribution in [-0.4, -0.2) is 15.8 Å². The highest BCUT2D eigenvalue weighted by molar-refractivity contribution is 6.07. The first kappa shape index (κ1) is 16.6. The van der Waals surface area contributed by atoms with Gasteiger partial charge in [0.2, 0.25) is 0 Å². The maximum atomic E-state index is 13.9. The van der Waals surface area contributed by atoms with E-state index in [1.807, 2.05) is 67.8 Å². The predicted molar refractivity (Wildman–Crippen MR) is 114 cm³/mol. The van der Waals surface area contributed by atoms with Crippen molar-refractivity contribution in [3.05, 3.63) is 107 Å². The molecule has 0 fully saturated rings. The predicted octanol–water partition coefficient (Wildman–Crippen LogP) is 5.97. The summed E-state index contributed by atoms with van der Waals surface area (Å²) in [4.78, 5) is 20.5. The van der Waals surface area contributed by atoms with Gasteiger partial charge in [-0.3, -0.25) is 4.79 Å². The lowest BCUT2D eigenvalue weighted by molar-refractivity contribution is 0.0974. The number of fused-ring (bicyclic) bond motifs is 2. The van der Waals surface area contributed by atoms with E-state index >= 15 is 0 Å². The molecule has 0 atom stereocenters. The summed E-state index contributed by atoms with van der Waals surface area (Å²) >= 11 is 0. The van der Waals surface area contributed by atoms with E-state index in [-0.39, 0.29) is 5.78 Å². The second kappa shape index (κ2) is 6.54. The molecule has 0 amide bonds. The number of benzene rings is 3. The highest BCUT2D eigenvalue weighted by Gasteiger charge is 2.28. The van der Waals surface area contributed by atoms with Crippen molar-refractivity contribution in [3.63, 3.8) is 0 Å². The molecule has 5 rings (SSSR count). The van der Waals surface area contributed by atoms with E-state index in [1.165, 1.54) is 0 Å². The van der Waals surface area contributed by atoms with Crippen molar-refractivity contribution in [2.24, 2.45) is 0 Å². The molecule has 0 aliphatic heterocycles. The Kier molecular flexibility index (Phi) is 3.87. The molecule has 2 heterocycles.